The lowest BCUT2D eigenvalue weighted by Crippen LogP contribution is -2.19. The second-order valence-corrected chi connectivity index (χ2v) is 4.90. The molecule has 0 saturated heterocycles. The number of benzene rings is 1. The normalized spacial score (nSPS) is 10.2. The van der Waals surface area contributed by atoms with Crippen LogP contribution < -0.4 is 0 Å². The lowest BCUT2D eigenvalue weighted by Gasteiger charge is -2.04. The first-order chi connectivity index (χ1) is 11.6. The van der Waals surface area contributed by atoms with Gasteiger partial charge >= 0.3 is 11.9 Å². The molecule has 0 bridgehead atoms. The van der Waals surface area contributed by atoms with Crippen LogP contribution in [0.5, 0.6) is 0 Å². The van der Waals surface area contributed by atoms with E-state index >= 15 is 0 Å². The van der Waals surface area contributed by atoms with Crippen molar-refractivity contribution in [1.82, 2.24) is 0 Å². The van der Waals surface area contributed by atoms with E-state index in [0.717, 1.165) is 23.5 Å². The van der Waals surface area contributed by atoms with Gasteiger partial charge in [0.2, 0.25) is 0 Å². The summed E-state index contributed by atoms with van der Waals surface area (Å²) in [6.07, 6.45) is 4.82. The van der Waals surface area contributed by atoms with Crippen molar-refractivity contribution < 1.29 is 33.6 Å². The van der Waals surface area contributed by atoms with Gasteiger partial charge in [0, 0.05) is 16.5 Å². The molecule has 0 aliphatic carbocycles. The van der Waals surface area contributed by atoms with Crippen LogP contribution in [0.1, 0.15) is 10.4 Å². The molecule has 1 aromatic carbocycles. The van der Waals surface area contributed by atoms with Crippen molar-refractivity contribution >= 4 is 29.5 Å². The van der Waals surface area contributed by atoms with Crippen molar-refractivity contribution in [2.24, 2.45) is 0 Å². The Bertz CT molecular complexity index is 607. The number of carbonyl (C=O) groups is 3. The molecule has 128 valence electrons. The number of Topliss-reactive ketones (excluding diaryl/α,β-unsaturated/α-hetero) is 1. The molecular formula is C16H16O7S. The minimum atomic E-state index is -0.981. The third-order valence-electron chi connectivity index (χ3n) is 2.47. The first-order valence-electron chi connectivity index (χ1n) is 6.70. The molecule has 0 radical (unpaired) electrons. The summed E-state index contributed by atoms with van der Waals surface area (Å²) < 4.78 is 9.21. The van der Waals surface area contributed by atoms with Crippen LogP contribution in [-0.2, 0) is 28.8 Å². The maximum atomic E-state index is 11.8. The van der Waals surface area contributed by atoms with Crippen LogP contribution in [-0.4, -0.2) is 37.2 Å². The van der Waals surface area contributed by atoms with Crippen molar-refractivity contribution in [3.63, 3.8) is 0 Å². The van der Waals surface area contributed by atoms with Crippen LogP contribution in [0.15, 0.2) is 54.3 Å². The smallest absolute Gasteiger partial charge is 0.379 e. The molecule has 0 heterocycles. The Balaban J connectivity index is 2.22. The Kier molecular flexibility index (Phi) is 8.95. The molecule has 24 heavy (non-hydrogen) atoms. The fourth-order valence-electron chi connectivity index (χ4n) is 1.35. The maximum absolute atomic E-state index is 11.8. The SMILES string of the molecule is C=CC(=O)O/C=C\OOCCOC(=O)C(=O)c1ccc(SC)cc1. The lowest BCUT2D eigenvalue weighted by atomic mass is 10.1. The van der Waals surface area contributed by atoms with E-state index in [0.29, 0.717) is 0 Å². The van der Waals surface area contributed by atoms with E-state index in [2.05, 4.69) is 21.1 Å². The zero-order valence-electron chi connectivity index (χ0n) is 12.9. The lowest BCUT2D eigenvalue weighted by molar-refractivity contribution is -0.255. The highest BCUT2D eigenvalue weighted by Gasteiger charge is 2.17. The topological polar surface area (TPSA) is 88.1 Å². The van der Waals surface area contributed by atoms with Crippen LogP contribution in [0.4, 0.5) is 0 Å². The van der Waals surface area contributed by atoms with Crippen LogP contribution in [0.2, 0.25) is 0 Å². The van der Waals surface area contributed by atoms with Gasteiger partial charge in [-0.3, -0.25) is 4.79 Å². The Morgan fingerprint density at radius 1 is 1.12 bits per heavy atom. The third kappa shape index (κ3) is 7.12. The summed E-state index contributed by atoms with van der Waals surface area (Å²) in [5, 5.41) is 0. The van der Waals surface area contributed by atoms with Gasteiger partial charge in [-0.1, -0.05) is 6.58 Å². The van der Waals surface area contributed by atoms with Crippen molar-refractivity contribution in [2.75, 3.05) is 19.5 Å². The highest BCUT2D eigenvalue weighted by Crippen LogP contribution is 2.15. The number of hydrogen-bond acceptors (Lipinski definition) is 8. The standard InChI is InChI=1S/C16H16O7S/c1-3-14(17)20-8-10-22-23-11-9-21-16(19)15(18)12-4-6-13(24-2)7-5-12/h3-8,10H,1,9,11H2,2H3/b10-8-. The fourth-order valence-corrected chi connectivity index (χ4v) is 1.76. The molecular weight excluding hydrogens is 336 g/mol. The number of thioether (sulfide) groups is 1. The van der Waals surface area contributed by atoms with Gasteiger partial charge in [-0.2, -0.15) is 4.89 Å². The molecule has 0 spiro atoms. The van der Waals surface area contributed by atoms with Gasteiger partial charge in [-0.05, 0) is 30.5 Å². The van der Waals surface area contributed by atoms with Crippen LogP contribution >= 0.6 is 11.8 Å². The number of hydrogen-bond donors (Lipinski definition) is 0. The average Bonchev–Trinajstić information content (AvgIpc) is 2.62. The van der Waals surface area contributed by atoms with Gasteiger partial charge in [0.25, 0.3) is 5.78 Å². The van der Waals surface area contributed by atoms with Gasteiger partial charge < -0.3 is 14.4 Å². The van der Waals surface area contributed by atoms with Gasteiger partial charge in [-0.15, -0.1) is 11.8 Å². The highest BCUT2D eigenvalue weighted by molar-refractivity contribution is 7.98. The number of esters is 2. The first kappa shape index (κ1) is 19.5. The molecule has 7 nitrogen and oxygen atoms in total. The monoisotopic (exact) mass is 352 g/mol. The summed E-state index contributed by atoms with van der Waals surface area (Å²) in [5.74, 6) is -2.36. The molecule has 0 aliphatic rings. The largest absolute Gasteiger partial charge is 0.457 e. The van der Waals surface area contributed by atoms with Crippen LogP contribution in [0.25, 0.3) is 0 Å². The van der Waals surface area contributed by atoms with Crippen molar-refractivity contribution in [3.05, 3.63) is 55.0 Å². The molecule has 0 fully saturated rings. The zero-order chi connectivity index (χ0) is 17.8. The molecule has 0 aromatic heterocycles. The second-order valence-electron chi connectivity index (χ2n) is 4.02. The van der Waals surface area contributed by atoms with Crippen molar-refractivity contribution in [1.29, 1.82) is 0 Å². The molecule has 0 aliphatic heterocycles. The number of rotatable bonds is 10. The fraction of sp³-hybridized carbons (Fsp3) is 0.188. The molecule has 0 amide bonds. The Morgan fingerprint density at radius 3 is 2.46 bits per heavy atom. The molecule has 0 saturated carbocycles. The first-order valence-corrected chi connectivity index (χ1v) is 7.92. The van der Waals surface area contributed by atoms with E-state index in [1.165, 1.54) is 11.8 Å². The minimum absolute atomic E-state index is 0.107. The quantitative estimate of drug-likeness (QED) is 0.0729. The second kappa shape index (κ2) is 11.0. The van der Waals surface area contributed by atoms with Gasteiger partial charge in [0.1, 0.15) is 19.5 Å². The Hall–Kier alpha value is -2.58. The number of ketones is 1. The van der Waals surface area contributed by atoms with Crippen molar-refractivity contribution in [3.8, 4) is 0 Å². The molecule has 1 rings (SSSR count). The molecule has 8 heteroatoms. The van der Waals surface area contributed by atoms with Gasteiger partial charge in [0.15, 0.2) is 6.26 Å². The molecule has 0 atom stereocenters. The summed E-state index contributed by atoms with van der Waals surface area (Å²) in [5.41, 5.74) is 0.252. The Morgan fingerprint density at radius 2 is 1.83 bits per heavy atom. The summed E-state index contributed by atoms with van der Waals surface area (Å²) in [7, 11) is 0. The van der Waals surface area contributed by atoms with Crippen LogP contribution in [0.3, 0.4) is 0 Å². The summed E-state index contributed by atoms with van der Waals surface area (Å²) >= 11 is 1.53. The number of ether oxygens (including phenoxy) is 2. The van der Waals surface area contributed by atoms with E-state index in [1.807, 2.05) is 6.26 Å². The predicted molar refractivity (Wildman–Crippen MR) is 86.0 cm³/mol. The van der Waals surface area contributed by atoms with Crippen LogP contribution in [0, 0.1) is 0 Å². The van der Waals surface area contributed by atoms with Gasteiger partial charge in [-0.25, -0.2) is 9.59 Å². The summed E-state index contributed by atoms with van der Waals surface area (Å²) in [4.78, 5) is 44.2. The molecule has 0 N–H and O–H groups in total. The molecule has 1 aromatic rings. The predicted octanol–water partition coefficient (Wildman–Crippen LogP) is 2.28. The minimum Gasteiger partial charge on any atom is -0.457 e. The summed E-state index contributed by atoms with van der Waals surface area (Å²) in [6, 6.07) is 6.61. The zero-order valence-corrected chi connectivity index (χ0v) is 13.7. The van der Waals surface area contributed by atoms with E-state index in [-0.39, 0.29) is 18.8 Å². The highest BCUT2D eigenvalue weighted by atomic mass is 32.2. The average molecular weight is 352 g/mol. The van der Waals surface area contributed by atoms with E-state index in [9.17, 15) is 14.4 Å². The van der Waals surface area contributed by atoms with Crippen molar-refractivity contribution in [2.45, 2.75) is 4.90 Å². The number of carbonyl (C=O) groups excluding carboxylic acids is 3. The van der Waals surface area contributed by atoms with Gasteiger partial charge in [0.05, 0.1) is 0 Å². The third-order valence-corrected chi connectivity index (χ3v) is 3.21. The molecule has 0 unspecified atom stereocenters. The Labute approximate surface area is 143 Å². The van der Waals surface area contributed by atoms with E-state index in [4.69, 9.17) is 4.74 Å². The summed E-state index contributed by atoms with van der Waals surface area (Å²) in [6.45, 7) is 2.92. The maximum Gasteiger partial charge on any atom is 0.379 e. The van der Waals surface area contributed by atoms with E-state index in [1.54, 1.807) is 24.3 Å². The van der Waals surface area contributed by atoms with E-state index < -0.39 is 17.7 Å².